The standard InChI is InChI=1S/C21H20N2O2/c1-3-23-20(8-9-22-23)21-18(14-4-6-15(24)7-5-14)12-17-13(2)10-16(25)11-19(17)21/h4-11,24-25H,3,12H2,1-2H3. The van der Waals surface area contributed by atoms with Crippen LogP contribution in [-0.2, 0) is 13.0 Å². The molecule has 0 atom stereocenters. The Hall–Kier alpha value is -3.01. The summed E-state index contributed by atoms with van der Waals surface area (Å²) in [5, 5.41) is 24.2. The van der Waals surface area contributed by atoms with Crippen molar-refractivity contribution < 1.29 is 10.2 Å². The maximum atomic E-state index is 10.1. The number of allylic oxidation sites excluding steroid dienone is 1. The number of aryl methyl sites for hydroxylation is 2. The first-order valence-corrected chi connectivity index (χ1v) is 8.46. The third-order valence-corrected chi connectivity index (χ3v) is 4.87. The monoisotopic (exact) mass is 332 g/mol. The third-order valence-electron chi connectivity index (χ3n) is 4.87. The highest BCUT2D eigenvalue weighted by Crippen LogP contribution is 2.44. The topological polar surface area (TPSA) is 58.3 Å². The molecule has 4 rings (SSSR count). The second kappa shape index (κ2) is 5.81. The molecule has 1 aliphatic rings. The maximum Gasteiger partial charge on any atom is 0.116 e. The van der Waals surface area contributed by atoms with Gasteiger partial charge in [-0.25, -0.2) is 0 Å². The third kappa shape index (κ3) is 2.50. The molecule has 1 aromatic heterocycles. The molecule has 4 heteroatoms. The number of phenolic OH excluding ortho intramolecular Hbond substituents is 2. The highest BCUT2D eigenvalue weighted by Gasteiger charge is 2.27. The largest absolute Gasteiger partial charge is 0.508 e. The van der Waals surface area contributed by atoms with E-state index in [1.165, 1.54) is 11.1 Å². The van der Waals surface area contributed by atoms with Crippen LogP contribution >= 0.6 is 0 Å². The van der Waals surface area contributed by atoms with Crippen molar-refractivity contribution in [2.24, 2.45) is 0 Å². The van der Waals surface area contributed by atoms with Crippen LogP contribution in [0.5, 0.6) is 11.5 Å². The van der Waals surface area contributed by atoms with Gasteiger partial charge in [-0.15, -0.1) is 0 Å². The Kier molecular flexibility index (Phi) is 3.61. The molecule has 0 spiro atoms. The molecule has 0 bridgehead atoms. The van der Waals surface area contributed by atoms with Gasteiger partial charge in [0.1, 0.15) is 11.5 Å². The van der Waals surface area contributed by atoms with Gasteiger partial charge in [0.05, 0.1) is 5.69 Å². The zero-order chi connectivity index (χ0) is 17.6. The average Bonchev–Trinajstić information content (AvgIpc) is 3.19. The van der Waals surface area contributed by atoms with Crippen molar-refractivity contribution in [2.45, 2.75) is 26.8 Å². The molecule has 0 fully saturated rings. The number of rotatable bonds is 3. The Bertz CT molecular complexity index is 982. The summed E-state index contributed by atoms with van der Waals surface area (Å²) in [5.41, 5.74) is 7.82. The quantitative estimate of drug-likeness (QED) is 0.758. The SMILES string of the molecule is CCn1nccc1C1=C(c2ccc(O)cc2)Cc2c(C)cc(O)cc21. The summed E-state index contributed by atoms with van der Waals surface area (Å²) in [5.74, 6) is 0.539. The zero-order valence-electron chi connectivity index (χ0n) is 14.3. The number of phenols is 2. The van der Waals surface area contributed by atoms with Gasteiger partial charge in [-0.2, -0.15) is 5.10 Å². The fraction of sp³-hybridized carbons (Fsp3) is 0.190. The van der Waals surface area contributed by atoms with Crippen LogP contribution in [0.3, 0.4) is 0 Å². The summed E-state index contributed by atoms with van der Waals surface area (Å²) in [6, 6.07) is 13.0. The first-order valence-electron chi connectivity index (χ1n) is 8.46. The van der Waals surface area contributed by atoms with Crippen molar-refractivity contribution in [3.63, 3.8) is 0 Å². The number of fused-ring (bicyclic) bond motifs is 1. The highest BCUT2D eigenvalue weighted by molar-refractivity contribution is 6.03. The van der Waals surface area contributed by atoms with Gasteiger partial charge < -0.3 is 10.2 Å². The van der Waals surface area contributed by atoms with Crippen molar-refractivity contribution in [1.29, 1.82) is 0 Å². The lowest BCUT2D eigenvalue weighted by molar-refractivity contribution is 0.474. The minimum Gasteiger partial charge on any atom is -0.508 e. The Morgan fingerprint density at radius 2 is 1.80 bits per heavy atom. The summed E-state index contributed by atoms with van der Waals surface area (Å²) >= 11 is 0. The van der Waals surface area contributed by atoms with Crippen molar-refractivity contribution in [3.8, 4) is 11.5 Å². The van der Waals surface area contributed by atoms with Crippen molar-refractivity contribution >= 4 is 11.1 Å². The summed E-state index contributed by atoms with van der Waals surface area (Å²) in [4.78, 5) is 0. The Morgan fingerprint density at radius 3 is 2.52 bits per heavy atom. The first-order chi connectivity index (χ1) is 12.1. The van der Waals surface area contributed by atoms with E-state index in [2.05, 4.69) is 12.0 Å². The van der Waals surface area contributed by atoms with E-state index in [9.17, 15) is 10.2 Å². The van der Waals surface area contributed by atoms with Crippen molar-refractivity contribution in [1.82, 2.24) is 9.78 Å². The van der Waals surface area contributed by atoms with Crippen LogP contribution in [0.2, 0.25) is 0 Å². The first kappa shape index (κ1) is 15.5. The fourth-order valence-electron chi connectivity index (χ4n) is 3.68. The van der Waals surface area contributed by atoms with Crippen LogP contribution in [0.15, 0.2) is 48.7 Å². The number of hydrogen-bond acceptors (Lipinski definition) is 3. The summed E-state index contributed by atoms with van der Waals surface area (Å²) in [7, 11) is 0. The number of nitrogens with zero attached hydrogens (tertiary/aromatic N) is 2. The van der Waals surface area contributed by atoms with Crippen LogP contribution in [0.1, 0.15) is 34.9 Å². The number of hydrogen-bond donors (Lipinski definition) is 2. The number of benzene rings is 2. The summed E-state index contributed by atoms with van der Waals surface area (Å²) < 4.78 is 1.98. The minimum absolute atomic E-state index is 0.258. The van der Waals surface area contributed by atoms with Gasteiger partial charge in [-0.3, -0.25) is 4.68 Å². The van der Waals surface area contributed by atoms with E-state index in [4.69, 9.17) is 0 Å². The molecule has 0 unspecified atom stereocenters. The lowest BCUT2D eigenvalue weighted by Gasteiger charge is -2.12. The Labute approximate surface area is 146 Å². The van der Waals surface area contributed by atoms with E-state index in [0.29, 0.717) is 0 Å². The molecular formula is C21H20N2O2. The lowest BCUT2D eigenvalue weighted by Crippen LogP contribution is -2.03. The Balaban J connectivity index is 2.00. The molecule has 0 saturated heterocycles. The second-order valence-corrected chi connectivity index (χ2v) is 6.40. The van der Waals surface area contributed by atoms with Crippen molar-refractivity contribution in [2.75, 3.05) is 0 Å². The van der Waals surface area contributed by atoms with Gasteiger partial charge in [0.2, 0.25) is 0 Å². The van der Waals surface area contributed by atoms with Crippen LogP contribution in [0.4, 0.5) is 0 Å². The Morgan fingerprint density at radius 1 is 1.04 bits per heavy atom. The summed E-state index contributed by atoms with van der Waals surface area (Å²) in [6.07, 6.45) is 2.62. The number of aromatic hydroxyl groups is 2. The van der Waals surface area contributed by atoms with Gasteiger partial charge >= 0.3 is 0 Å². The summed E-state index contributed by atoms with van der Waals surface area (Å²) in [6.45, 7) is 4.88. The molecule has 3 aromatic rings. The molecule has 2 aromatic carbocycles. The fourth-order valence-corrected chi connectivity index (χ4v) is 3.68. The average molecular weight is 332 g/mol. The van der Waals surface area contributed by atoms with Gasteiger partial charge in [0.25, 0.3) is 0 Å². The van der Waals surface area contributed by atoms with E-state index in [0.717, 1.165) is 40.9 Å². The van der Waals surface area contributed by atoms with Crippen molar-refractivity contribution in [3.05, 3.63) is 76.6 Å². The van der Waals surface area contributed by atoms with E-state index >= 15 is 0 Å². The molecule has 4 nitrogen and oxygen atoms in total. The van der Waals surface area contributed by atoms with Crippen LogP contribution in [0.25, 0.3) is 11.1 Å². The predicted octanol–water partition coefficient (Wildman–Crippen LogP) is 4.14. The lowest BCUT2D eigenvalue weighted by atomic mass is 9.97. The predicted molar refractivity (Wildman–Crippen MR) is 98.5 cm³/mol. The molecule has 2 N–H and O–H groups in total. The van der Waals surface area contributed by atoms with E-state index < -0.39 is 0 Å². The van der Waals surface area contributed by atoms with E-state index in [1.807, 2.05) is 48.1 Å². The normalized spacial score (nSPS) is 13.4. The molecule has 126 valence electrons. The number of aromatic nitrogens is 2. The van der Waals surface area contributed by atoms with E-state index in [1.54, 1.807) is 12.1 Å². The molecule has 1 aliphatic carbocycles. The highest BCUT2D eigenvalue weighted by atomic mass is 16.3. The molecule has 1 heterocycles. The minimum atomic E-state index is 0.258. The van der Waals surface area contributed by atoms with Gasteiger partial charge in [-0.05, 0) is 78.4 Å². The zero-order valence-corrected chi connectivity index (χ0v) is 14.3. The molecule has 0 amide bonds. The maximum absolute atomic E-state index is 10.1. The van der Waals surface area contributed by atoms with Gasteiger partial charge in [0.15, 0.2) is 0 Å². The van der Waals surface area contributed by atoms with Crippen LogP contribution in [-0.4, -0.2) is 20.0 Å². The smallest absolute Gasteiger partial charge is 0.116 e. The van der Waals surface area contributed by atoms with Crippen LogP contribution < -0.4 is 0 Å². The molecule has 0 aliphatic heterocycles. The molecule has 25 heavy (non-hydrogen) atoms. The second-order valence-electron chi connectivity index (χ2n) is 6.40. The molecule has 0 radical (unpaired) electrons. The molecular weight excluding hydrogens is 312 g/mol. The molecule has 0 saturated carbocycles. The van der Waals surface area contributed by atoms with Gasteiger partial charge in [0, 0.05) is 18.3 Å². The van der Waals surface area contributed by atoms with Gasteiger partial charge in [-0.1, -0.05) is 12.1 Å². The van der Waals surface area contributed by atoms with E-state index in [-0.39, 0.29) is 11.5 Å². The van der Waals surface area contributed by atoms with Crippen LogP contribution in [0, 0.1) is 6.92 Å².